The van der Waals surface area contributed by atoms with E-state index in [2.05, 4.69) is 31.1 Å². The summed E-state index contributed by atoms with van der Waals surface area (Å²) >= 11 is 6.16. The number of pyridine rings is 1. The molecule has 0 radical (unpaired) electrons. The zero-order valence-electron chi connectivity index (χ0n) is 13.4. The Morgan fingerprint density at radius 2 is 2.14 bits per heavy atom. The van der Waals surface area contributed by atoms with E-state index in [9.17, 15) is 4.79 Å². The van der Waals surface area contributed by atoms with E-state index in [1.165, 1.54) is 0 Å². The van der Waals surface area contributed by atoms with Gasteiger partial charge in [0, 0.05) is 25.8 Å². The minimum atomic E-state index is -0.0234. The average molecular weight is 312 g/mol. The lowest BCUT2D eigenvalue weighted by Gasteiger charge is -2.24. The number of hydrogen-bond acceptors (Lipinski definition) is 3. The van der Waals surface area contributed by atoms with Gasteiger partial charge in [-0.2, -0.15) is 0 Å². The second kappa shape index (κ2) is 8.88. The van der Waals surface area contributed by atoms with Gasteiger partial charge in [-0.25, -0.2) is 4.98 Å². The fourth-order valence-electron chi connectivity index (χ4n) is 1.98. The molecule has 0 saturated heterocycles. The van der Waals surface area contributed by atoms with E-state index in [0.29, 0.717) is 28.9 Å². The van der Waals surface area contributed by atoms with Crippen LogP contribution in [0, 0.1) is 5.92 Å². The predicted molar refractivity (Wildman–Crippen MR) is 89.1 cm³/mol. The van der Waals surface area contributed by atoms with Crippen LogP contribution >= 0.6 is 11.6 Å². The van der Waals surface area contributed by atoms with Gasteiger partial charge in [0.05, 0.1) is 10.6 Å². The van der Waals surface area contributed by atoms with Crippen molar-refractivity contribution in [2.75, 3.05) is 25.0 Å². The summed E-state index contributed by atoms with van der Waals surface area (Å²) in [5.74, 6) is 1.15. The van der Waals surface area contributed by atoms with Crippen LogP contribution in [-0.2, 0) is 0 Å². The maximum atomic E-state index is 12.7. The second-order valence-electron chi connectivity index (χ2n) is 5.33. The normalized spacial score (nSPS) is 12.0. The van der Waals surface area contributed by atoms with E-state index >= 15 is 0 Å². The van der Waals surface area contributed by atoms with Gasteiger partial charge < -0.3 is 10.2 Å². The Kier molecular flexibility index (Phi) is 7.51. The summed E-state index contributed by atoms with van der Waals surface area (Å²) in [5.41, 5.74) is 0.524. The van der Waals surface area contributed by atoms with Crippen molar-refractivity contribution in [2.45, 2.75) is 40.5 Å². The standard InChI is InChI=1S/C16H26ClN3O/c1-5-8-18-15-9-13(14(17)10-19-15)16(21)20(7-3)11-12(4)6-2/h9-10,12H,5-8,11H2,1-4H3,(H,18,19). The Morgan fingerprint density at radius 1 is 1.43 bits per heavy atom. The Morgan fingerprint density at radius 3 is 2.71 bits per heavy atom. The van der Waals surface area contributed by atoms with Crippen LogP contribution in [0.2, 0.25) is 5.02 Å². The monoisotopic (exact) mass is 311 g/mol. The van der Waals surface area contributed by atoms with Crippen LogP contribution in [-0.4, -0.2) is 35.4 Å². The minimum Gasteiger partial charge on any atom is -0.370 e. The lowest BCUT2D eigenvalue weighted by Crippen LogP contribution is -2.34. The molecule has 4 nitrogen and oxygen atoms in total. The third-order valence-electron chi connectivity index (χ3n) is 3.54. The Balaban J connectivity index is 2.92. The summed E-state index contributed by atoms with van der Waals surface area (Å²) in [6.45, 7) is 10.6. The highest BCUT2D eigenvalue weighted by atomic mass is 35.5. The third-order valence-corrected chi connectivity index (χ3v) is 3.84. The lowest BCUT2D eigenvalue weighted by atomic mass is 10.1. The first-order chi connectivity index (χ1) is 10.0. The molecule has 0 aliphatic heterocycles. The molecule has 0 fully saturated rings. The molecule has 1 rings (SSSR count). The topological polar surface area (TPSA) is 45.2 Å². The zero-order valence-corrected chi connectivity index (χ0v) is 14.2. The molecule has 21 heavy (non-hydrogen) atoms. The fraction of sp³-hybridized carbons (Fsp3) is 0.625. The van der Waals surface area contributed by atoms with Crippen LogP contribution in [0.3, 0.4) is 0 Å². The molecule has 1 atom stereocenters. The first-order valence-electron chi connectivity index (χ1n) is 7.72. The summed E-state index contributed by atoms with van der Waals surface area (Å²) < 4.78 is 0. The predicted octanol–water partition coefficient (Wildman–Crippen LogP) is 4.07. The largest absolute Gasteiger partial charge is 0.370 e. The summed E-state index contributed by atoms with van der Waals surface area (Å²) in [6, 6.07) is 1.75. The molecular weight excluding hydrogens is 286 g/mol. The second-order valence-corrected chi connectivity index (χ2v) is 5.74. The van der Waals surface area contributed by atoms with Gasteiger partial charge in [0.15, 0.2) is 0 Å². The summed E-state index contributed by atoms with van der Waals surface area (Å²) in [6.07, 6.45) is 3.60. The number of halogens is 1. The van der Waals surface area contributed by atoms with Crippen LogP contribution in [0.25, 0.3) is 0 Å². The summed E-state index contributed by atoms with van der Waals surface area (Å²) in [7, 11) is 0. The zero-order chi connectivity index (χ0) is 15.8. The molecule has 118 valence electrons. The van der Waals surface area contributed by atoms with Crippen molar-refractivity contribution in [1.82, 2.24) is 9.88 Å². The van der Waals surface area contributed by atoms with Crippen molar-refractivity contribution in [3.8, 4) is 0 Å². The maximum Gasteiger partial charge on any atom is 0.255 e. The summed E-state index contributed by atoms with van der Waals surface area (Å²) in [4.78, 5) is 18.7. The van der Waals surface area contributed by atoms with Crippen molar-refractivity contribution in [3.63, 3.8) is 0 Å². The van der Waals surface area contributed by atoms with Gasteiger partial charge in [0.25, 0.3) is 5.91 Å². The number of rotatable bonds is 8. The molecule has 0 aromatic carbocycles. The molecule has 1 heterocycles. The van der Waals surface area contributed by atoms with E-state index in [4.69, 9.17) is 11.6 Å². The highest BCUT2D eigenvalue weighted by molar-refractivity contribution is 6.33. The average Bonchev–Trinajstić information content (AvgIpc) is 2.50. The van der Waals surface area contributed by atoms with Crippen LogP contribution in [0.15, 0.2) is 12.3 Å². The van der Waals surface area contributed by atoms with Crippen LogP contribution < -0.4 is 5.32 Å². The molecule has 0 aliphatic rings. The quantitative estimate of drug-likeness (QED) is 0.787. The Bertz CT molecular complexity index is 465. The maximum absolute atomic E-state index is 12.7. The minimum absolute atomic E-state index is 0.0234. The first-order valence-corrected chi connectivity index (χ1v) is 8.09. The number of hydrogen-bond donors (Lipinski definition) is 1. The lowest BCUT2D eigenvalue weighted by molar-refractivity contribution is 0.0741. The van der Waals surface area contributed by atoms with E-state index < -0.39 is 0 Å². The van der Waals surface area contributed by atoms with Crippen LogP contribution in [0.1, 0.15) is 50.9 Å². The number of carbonyl (C=O) groups is 1. The molecule has 1 aromatic heterocycles. The molecule has 1 aromatic rings. The number of carbonyl (C=O) groups excluding carboxylic acids is 1. The number of nitrogens with one attached hydrogen (secondary N) is 1. The molecule has 5 heteroatoms. The number of anilines is 1. The first kappa shape index (κ1) is 17.8. The summed E-state index contributed by atoms with van der Waals surface area (Å²) in [5, 5.41) is 3.59. The molecule has 0 saturated carbocycles. The third kappa shape index (κ3) is 5.20. The fourth-order valence-corrected chi connectivity index (χ4v) is 2.17. The van der Waals surface area contributed by atoms with E-state index in [0.717, 1.165) is 25.9 Å². The van der Waals surface area contributed by atoms with Gasteiger partial charge in [0.1, 0.15) is 5.82 Å². The molecule has 1 unspecified atom stereocenters. The number of amides is 1. The SMILES string of the molecule is CCCNc1cc(C(=O)N(CC)CC(C)CC)c(Cl)cn1. The molecule has 1 N–H and O–H groups in total. The Hall–Kier alpha value is -1.29. The van der Waals surface area contributed by atoms with E-state index in [1.54, 1.807) is 12.3 Å². The smallest absolute Gasteiger partial charge is 0.255 e. The molecule has 0 aliphatic carbocycles. The van der Waals surface area contributed by atoms with Gasteiger partial charge in [-0.3, -0.25) is 4.79 Å². The Labute approximate surface area is 132 Å². The van der Waals surface area contributed by atoms with Crippen molar-refractivity contribution >= 4 is 23.3 Å². The van der Waals surface area contributed by atoms with Crippen molar-refractivity contribution in [1.29, 1.82) is 0 Å². The van der Waals surface area contributed by atoms with Gasteiger partial charge in [0.2, 0.25) is 0 Å². The molecule has 1 amide bonds. The number of aromatic nitrogens is 1. The van der Waals surface area contributed by atoms with Crippen molar-refractivity contribution < 1.29 is 4.79 Å². The van der Waals surface area contributed by atoms with Crippen LogP contribution in [0.4, 0.5) is 5.82 Å². The highest BCUT2D eigenvalue weighted by Gasteiger charge is 2.19. The van der Waals surface area contributed by atoms with E-state index in [-0.39, 0.29) is 5.91 Å². The van der Waals surface area contributed by atoms with Crippen LogP contribution in [0.5, 0.6) is 0 Å². The highest BCUT2D eigenvalue weighted by Crippen LogP contribution is 2.20. The van der Waals surface area contributed by atoms with E-state index in [1.807, 2.05) is 11.8 Å². The van der Waals surface area contributed by atoms with Gasteiger partial charge >= 0.3 is 0 Å². The molecule has 0 bridgehead atoms. The van der Waals surface area contributed by atoms with Gasteiger partial charge in [-0.05, 0) is 25.3 Å². The van der Waals surface area contributed by atoms with Gasteiger partial charge in [-0.1, -0.05) is 38.8 Å². The molecule has 0 spiro atoms. The molecular formula is C16H26ClN3O. The number of nitrogens with zero attached hydrogens (tertiary/aromatic N) is 2. The van der Waals surface area contributed by atoms with Gasteiger partial charge in [-0.15, -0.1) is 0 Å². The van der Waals surface area contributed by atoms with Crippen molar-refractivity contribution in [2.24, 2.45) is 5.92 Å². The van der Waals surface area contributed by atoms with Crippen molar-refractivity contribution in [3.05, 3.63) is 22.8 Å².